The Morgan fingerprint density at radius 2 is 2.07 bits per heavy atom. The number of hydrogen-bond donors (Lipinski definition) is 0. The molecule has 0 saturated heterocycles. The van der Waals surface area contributed by atoms with Crippen LogP contribution >= 0.6 is 15.9 Å². The molecule has 0 saturated carbocycles. The fourth-order valence-electron chi connectivity index (χ4n) is 0.991. The van der Waals surface area contributed by atoms with Gasteiger partial charge in [0, 0.05) is 11.8 Å². The third-order valence-corrected chi connectivity index (χ3v) is 3.06. The van der Waals surface area contributed by atoms with Gasteiger partial charge in [-0.15, -0.1) is 0 Å². The van der Waals surface area contributed by atoms with Crippen LogP contribution in [-0.2, 0) is 9.84 Å². The second kappa shape index (κ2) is 4.40. The third kappa shape index (κ3) is 3.71. The van der Waals surface area contributed by atoms with Crippen LogP contribution in [0.2, 0.25) is 0 Å². The number of carbonyl (C=O) groups excluding carboxylic acids is 1. The van der Waals surface area contributed by atoms with Gasteiger partial charge in [-0.1, -0.05) is 6.07 Å². The fourth-order valence-corrected chi connectivity index (χ4v) is 1.88. The summed E-state index contributed by atoms with van der Waals surface area (Å²) in [6.07, 6.45) is 0.958. The van der Waals surface area contributed by atoms with Gasteiger partial charge in [-0.25, -0.2) is 12.8 Å². The first kappa shape index (κ1) is 12.3. The number of hydrogen-bond acceptors (Lipinski definition) is 3. The summed E-state index contributed by atoms with van der Waals surface area (Å²) in [5, 5.41) is 0. The smallest absolute Gasteiger partial charge is 0.177 e. The van der Waals surface area contributed by atoms with Crippen LogP contribution < -0.4 is 0 Å². The highest BCUT2D eigenvalue weighted by atomic mass is 79.9. The molecule has 0 aliphatic carbocycles. The molecule has 0 spiro atoms. The van der Waals surface area contributed by atoms with E-state index in [0.29, 0.717) is 0 Å². The Hall–Kier alpha value is -0.750. The van der Waals surface area contributed by atoms with Crippen molar-refractivity contribution in [1.29, 1.82) is 0 Å². The largest absolute Gasteiger partial charge is 0.293 e. The van der Waals surface area contributed by atoms with Crippen molar-refractivity contribution >= 4 is 31.6 Å². The topological polar surface area (TPSA) is 51.2 Å². The quantitative estimate of drug-likeness (QED) is 0.799. The zero-order valence-electron chi connectivity index (χ0n) is 7.83. The van der Waals surface area contributed by atoms with E-state index in [9.17, 15) is 17.6 Å². The normalized spacial score (nSPS) is 11.4. The molecule has 0 aliphatic heterocycles. The summed E-state index contributed by atoms with van der Waals surface area (Å²) in [7, 11) is -3.38. The molecule has 0 fully saturated rings. The van der Waals surface area contributed by atoms with Crippen molar-refractivity contribution in [3.05, 3.63) is 34.1 Å². The van der Waals surface area contributed by atoms with E-state index in [0.717, 1.165) is 12.3 Å². The van der Waals surface area contributed by atoms with Gasteiger partial charge in [0.25, 0.3) is 0 Å². The Bertz CT molecular complexity index is 496. The number of ketones is 1. The number of Topliss-reactive ketones (excluding diaryl/α,β-unsaturated/α-hetero) is 1. The number of sulfone groups is 1. The van der Waals surface area contributed by atoms with Gasteiger partial charge in [0.1, 0.15) is 11.6 Å². The molecule has 1 aromatic carbocycles. The van der Waals surface area contributed by atoms with E-state index in [1.54, 1.807) is 0 Å². The average Bonchev–Trinajstić information content (AvgIpc) is 2.06. The van der Waals surface area contributed by atoms with Crippen LogP contribution in [0.15, 0.2) is 22.7 Å². The van der Waals surface area contributed by atoms with Gasteiger partial charge in [-0.05, 0) is 28.1 Å². The van der Waals surface area contributed by atoms with Gasteiger partial charge in [-0.2, -0.15) is 0 Å². The van der Waals surface area contributed by atoms with Gasteiger partial charge in [0.15, 0.2) is 15.6 Å². The second-order valence-electron chi connectivity index (χ2n) is 3.12. The highest BCUT2D eigenvalue weighted by Crippen LogP contribution is 2.16. The van der Waals surface area contributed by atoms with Crippen LogP contribution in [0.25, 0.3) is 0 Å². The number of carbonyl (C=O) groups is 1. The van der Waals surface area contributed by atoms with Crippen LogP contribution in [0.5, 0.6) is 0 Å². The highest BCUT2D eigenvalue weighted by molar-refractivity contribution is 9.10. The lowest BCUT2D eigenvalue weighted by atomic mass is 10.1. The summed E-state index contributed by atoms with van der Waals surface area (Å²) in [5.41, 5.74) is 0.0566. The van der Waals surface area contributed by atoms with Crippen LogP contribution in [0.3, 0.4) is 0 Å². The van der Waals surface area contributed by atoms with Crippen molar-refractivity contribution in [3.63, 3.8) is 0 Å². The molecule has 1 aromatic rings. The molecule has 15 heavy (non-hydrogen) atoms. The fraction of sp³-hybridized carbons (Fsp3) is 0.222. The minimum Gasteiger partial charge on any atom is -0.293 e. The van der Waals surface area contributed by atoms with Gasteiger partial charge in [-0.3, -0.25) is 4.79 Å². The van der Waals surface area contributed by atoms with Gasteiger partial charge in [0.05, 0.1) is 4.47 Å². The molecular formula is C9H8BrFO3S. The lowest BCUT2D eigenvalue weighted by Crippen LogP contribution is -2.14. The zero-order chi connectivity index (χ0) is 11.6. The average molecular weight is 295 g/mol. The first-order valence-corrected chi connectivity index (χ1v) is 6.81. The lowest BCUT2D eigenvalue weighted by molar-refractivity contribution is 0.102. The zero-order valence-corrected chi connectivity index (χ0v) is 10.2. The van der Waals surface area contributed by atoms with E-state index in [4.69, 9.17) is 0 Å². The maximum absolute atomic E-state index is 13.0. The molecule has 0 radical (unpaired) electrons. The Morgan fingerprint density at radius 3 is 2.53 bits per heavy atom. The molecule has 0 atom stereocenters. The van der Waals surface area contributed by atoms with E-state index in [2.05, 4.69) is 15.9 Å². The number of benzene rings is 1. The van der Waals surface area contributed by atoms with Crippen molar-refractivity contribution in [1.82, 2.24) is 0 Å². The molecular weight excluding hydrogens is 287 g/mol. The molecule has 0 aromatic heterocycles. The van der Waals surface area contributed by atoms with Crippen LogP contribution in [0, 0.1) is 5.82 Å². The molecule has 0 aliphatic rings. The maximum Gasteiger partial charge on any atom is 0.177 e. The molecule has 0 N–H and O–H groups in total. The SMILES string of the molecule is CS(=O)(=O)CC(=O)c1ccc(Br)c(F)c1. The predicted molar refractivity (Wildman–Crippen MR) is 58.1 cm³/mol. The predicted octanol–water partition coefficient (Wildman–Crippen LogP) is 1.82. The molecule has 0 amide bonds. The van der Waals surface area contributed by atoms with Crippen molar-refractivity contribution in [3.8, 4) is 0 Å². The van der Waals surface area contributed by atoms with Gasteiger partial charge in [0.2, 0.25) is 0 Å². The molecule has 3 nitrogen and oxygen atoms in total. The number of halogens is 2. The summed E-state index contributed by atoms with van der Waals surface area (Å²) in [5.74, 6) is -1.80. The molecule has 0 bridgehead atoms. The Labute approximate surface area is 95.3 Å². The van der Waals surface area contributed by atoms with Crippen LogP contribution in [-0.4, -0.2) is 26.2 Å². The van der Waals surface area contributed by atoms with Crippen molar-refractivity contribution in [2.24, 2.45) is 0 Å². The van der Waals surface area contributed by atoms with E-state index < -0.39 is 27.2 Å². The van der Waals surface area contributed by atoms with Crippen LogP contribution in [0.4, 0.5) is 4.39 Å². The van der Waals surface area contributed by atoms with Gasteiger partial charge < -0.3 is 0 Å². The highest BCUT2D eigenvalue weighted by Gasteiger charge is 2.14. The van der Waals surface area contributed by atoms with Crippen molar-refractivity contribution in [2.75, 3.05) is 12.0 Å². The minimum atomic E-state index is -3.38. The van der Waals surface area contributed by atoms with E-state index in [-0.39, 0.29) is 10.0 Å². The number of rotatable bonds is 3. The Balaban J connectivity index is 2.98. The first-order chi connectivity index (χ1) is 6.79. The van der Waals surface area contributed by atoms with Gasteiger partial charge >= 0.3 is 0 Å². The monoisotopic (exact) mass is 294 g/mol. The Morgan fingerprint density at radius 1 is 1.47 bits per heavy atom. The Kier molecular flexibility index (Phi) is 3.62. The lowest BCUT2D eigenvalue weighted by Gasteiger charge is -2.00. The minimum absolute atomic E-state index is 0.0566. The van der Waals surface area contributed by atoms with E-state index in [1.807, 2.05) is 0 Å². The van der Waals surface area contributed by atoms with Crippen molar-refractivity contribution in [2.45, 2.75) is 0 Å². The molecule has 0 heterocycles. The first-order valence-electron chi connectivity index (χ1n) is 3.95. The molecule has 82 valence electrons. The van der Waals surface area contributed by atoms with E-state index in [1.165, 1.54) is 12.1 Å². The van der Waals surface area contributed by atoms with Crippen molar-refractivity contribution < 1.29 is 17.6 Å². The summed E-state index contributed by atoms with van der Waals surface area (Å²) in [4.78, 5) is 11.4. The molecule has 6 heteroatoms. The summed E-state index contributed by atoms with van der Waals surface area (Å²) in [6, 6.07) is 3.75. The standard InChI is InChI=1S/C9H8BrFO3S/c1-15(13,14)5-9(12)6-2-3-7(10)8(11)4-6/h2-4H,5H2,1H3. The third-order valence-electron chi connectivity index (χ3n) is 1.63. The summed E-state index contributed by atoms with van der Waals surface area (Å²) in [6.45, 7) is 0. The molecule has 1 rings (SSSR count). The second-order valence-corrected chi connectivity index (χ2v) is 6.12. The maximum atomic E-state index is 13.0. The summed E-state index contributed by atoms with van der Waals surface area (Å²) >= 11 is 2.94. The summed E-state index contributed by atoms with van der Waals surface area (Å²) < 4.78 is 34.9. The van der Waals surface area contributed by atoms with E-state index >= 15 is 0 Å². The molecule has 0 unspecified atom stereocenters. The van der Waals surface area contributed by atoms with Crippen LogP contribution in [0.1, 0.15) is 10.4 Å².